The summed E-state index contributed by atoms with van der Waals surface area (Å²) in [4.78, 5) is 23.5. The summed E-state index contributed by atoms with van der Waals surface area (Å²) in [6.07, 6.45) is -1.84. The van der Waals surface area contributed by atoms with Crippen LogP contribution in [-0.4, -0.2) is 67.6 Å². The fourth-order valence-corrected chi connectivity index (χ4v) is 2.63. The van der Waals surface area contributed by atoms with Gasteiger partial charge in [-0.15, -0.1) is 0 Å². The van der Waals surface area contributed by atoms with Gasteiger partial charge in [-0.1, -0.05) is 0 Å². The molecule has 2 rings (SSSR count). The number of carbonyl (C=O) groups excluding carboxylic acids is 2. The highest BCUT2D eigenvalue weighted by atomic mass is 16.8. The highest BCUT2D eigenvalue weighted by Gasteiger charge is 2.60. The third-order valence-corrected chi connectivity index (χ3v) is 4.33. The maximum atomic E-state index is 12.5. The molecule has 8 nitrogen and oxygen atoms in total. The summed E-state index contributed by atoms with van der Waals surface area (Å²) >= 11 is 0. The average Bonchev–Trinajstić information content (AvgIpc) is 2.51. The van der Waals surface area contributed by atoms with Gasteiger partial charge in [-0.3, -0.25) is 9.59 Å². The molecule has 0 saturated carbocycles. The zero-order valence-electron chi connectivity index (χ0n) is 13.8. The third-order valence-electron chi connectivity index (χ3n) is 4.33. The van der Waals surface area contributed by atoms with Crippen molar-refractivity contribution in [3.8, 4) is 0 Å². The Bertz CT molecular complexity index is 530. The van der Waals surface area contributed by atoms with Crippen LogP contribution in [0.1, 0.15) is 20.8 Å². The minimum atomic E-state index is -1.36. The Balaban J connectivity index is 2.30. The van der Waals surface area contributed by atoms with E-state index in [1.54, 1.807) is 13.8 Å². The van der Waals surface area contributed by atoms with Gasteiger partial charge in [0.1, 0.15) is 18.8 Å². The fraction of sp³-hybridized carbons (Fsp3) is 0.733. The SMILES string of the molecule is CO[C@]1(C)O[C@H]2[C@H](O)C=C(COC(C)=O)C(=O)[C@@H]2O[C@@]1(C)OC. The van der Waals surface area contributed by atoms with Crippen LogP contribution in [0.4, 0.5) is 0 Å². The first-order chi connectivity index (χ1) is 10.7. The molecule has 8 heteroatoms. The van der Waals surface area contributed by atoms with Crippen LogP contribution in [-0.2, 0) is 33.3 Å². The van der Waals surface area contributed by atoms with Crippen molar-refractivity contribution >= 4 is 11.8 Å². The van der Waals surface area contributed by atoms with Crippen LogP contribution >= 0.6 is 0 Å². The van der Waals surface area contributed by atoms with Crippen LogP contribution in [0.25, 0.3) is 0 Å². The second kappa shape index (κ2) is 6.29. The predicted octanol–water partition coefficient (Wildman–Crippen LogP) is -0.0713. The first-order valence-electron chi connectivity index (χ1n) is 7.19. The summed E-state index contributed by atoms with van der Waals surface area (Å²) < 4.78 is 27.1. The summed E-state index contributed by atoms with van der Waals surface area (Å²) in [6.45, 7) is 4.18. The normalized spacial score (nSPS) is 40.3. The molecular formula is C15H22O8. The number of aliphatic hydroxyl groups excluding tert-OH is 1. The van der Waals surface area contributed by atoms with Gasteiger partial charge in [-0.2, -0.15) is 0 Å². The standard InChI is InChI=1S/C15H22O8/c1-8(16)21-7-9-6-10(17)12-13(11(9)18)23-15(3,20-5)14(2,19-4)22-12/h6,10,12-13,17H,7H2,1-5H3/t10-,12+,13+,14-,15-/m1/s1. The zero-order valence-corrected chi connectivity index (χ0v) is 13.8. The average molecular weight is 330 g/mol. The molecule has 1 heterocycles. The molecule has 1 aliphatic carbocycles. The molecule has 0 amide bonds. The van der Waals surface area contributed by atoms with Gasteiger partial charge in [0.2, 0.25) is 11.6 Å². The van der Waals surface area contributed by atoms with Gasteiger partial charge in [-0.25, -0.2) is 0 Å². The summed E-state index contributed by atoms with van der Waals surface area (Å²) in [5, 5.41) is 10.3. The third kappa shape index (κ3) is 3.05. The maximum Gasteiger partial charge on any atom is 0.302 e. The summed E-state index contributed by atoms with van der Waals surface area (Å²) in [5.41, 5.74) is 0.150. The predicted molar refractivity (Wildman–Crippen MR) is 76.3 cm³/mol. The lowest BCUT2D eigenvalue weighted by Crippen LogP contribution is -2.69. The topological polar surface area (TPSA) is 101 Å². The largest absolute Gasteiger partial charge is 0.461 e. The molecule has 1 saturated heterocycles. The van der Waals surface area contributed by atoms with Gasteiger partial charge in [-0.05, 0) is 19.9 Å². The molecular weight excluding hydrogens is 308 g/mol. The number of carbonyl (C=O) groups is 2. The summed E-state index contributed by atoms with van der Waals surface area (Å²) in [7, 11) is 2.82. The van der Waals surface area contributed by atoms with Gasteiger partial charge < -0.3 is 28.8 Å². The number of fused-ring (bicyclic) bond motifs is 1. The number of ketones is 1. The van der Waals surface area contributed by atoms with Crippen molar-refractivity contribution in [2.24, 2.45) is 0 Å². The molecule has 1 N–H and O–H groups in total. The molecule has 0 radical (unpaired) electrons. The van der Waals surface area contributed by atoms with E-state index in [9.17, 15) is 14.7 Å². The van der Waals surface area contributed by atoms with Crippen LogP contribution in [0.5, 0.6) is 0 Å². The van der Waals surface area contributed by atoms with E-state index >= 15 is 0 Å². The van der Waals surface area contributed by atoms with Crippen molar-refractivity contribution in [1.82, 2.24) is 0 Å². The molecule has 130 valence electrons. The van der Waals surface area contributed by atoms with Gasteiger partial charge >= 0.3 is 5.97 Å². The van der Waals surface area contributed by atoms with Crippen LogP contribution < -0.4 is 0 Å². The van der Waals surface area contributed by atoms with E-state index in [1.807, 2.05) is 0 Å². The molecule has 1 fully saturated rings. The fourth-order valence-electron chi connectivity index (χ4n) is 2.63. The lowest BCUT2D eigenvalue weighted by molar-refractivity contribution is -0.446. The molecule has 0 spiro atoms. The maximum absolute atomic E-state index is 12.5. The Morgan fingerprint density at radius 1 is 1.26 bits per heavy atom. The van der Waals surface area contributed by atoms with Crippen LogP contribution in [0, 0.1) is 0 Å². The Morgan fingerprint density at radius 2 is 1.83 bits per heavy atom. The number of esters is 1. The van der Waals surface area contributed by atoms with Crippen LogP contribution in [0.15, 0.2) is 11.6 Å². The zero-order chi connectivity index (χ0) is 17.4. The van der Waals surface area contributed by atoms with Crippen LogP contribution in [0.3, 0.4) is 0 Å². The number of Topliss-reactive ketones (excluding diaryl/α,β-unsaturated/α-hetero) is 1. The van der Waals surface area contributed by atoms with Crippen molar-refractivity contribution in [3.05, 3.63) is 11.6 Å². The molecule has 0 bridgehead atoms. The van der Waals surface area contributed by atoms with E-state index in [-0.39, 0.29) is 12.2 Å². The Hall–Kier alpha value is -1.32. The van der Waals surface area contributed by atoms with Crippen molar-refractivity contribution in [1.29, 1.82) is 0 Å². The van der Waals surface area contributed by atoms with Crippen LogP contribution in [0.2, 0.25) is 0 Å². The Kier molecular flexibility index (Phi) is 4.93. The van der Waals surface area contributed by atoms with Gasteiger partial charge in [0.05, 0.1) is 0 Å². The highest BCUT2D eigenvalue weighted by Crippen LogP contribution is 2.42. The van der Waals surface area contributed by atoms with E-state index in [0.29, 0.717) is 0 Å². The first kappa shape index (κ1) is 18.0. The van der Waals surface area contributed by atoms with E-state index < -0.39 is 41.6 Å². The first-order valence-corrected chi connectivity index (χ1v) is 7.19. The van der Waals surface area contributed by atoms with E-state index in [0.717, 1.165) is 0 Å². The highest BCUT2D eigenvalue weighted by molar-refractivity contribution is 6.01. The second-order valence-electron chi connectivity index (χ2n) is 5.75. The Labute approximate surface area is 134 Å². The van der Waals surface area contributed by atoms with Crippen molar-refractivity contribution in [3.63, 3.8) is 0 Å². The number of hydrogen-bond acceptors (Lipinski definition) is 8. The molecule has 0 aromatic carbocycles. The molecule has 0 aromatic rings. The van der Waals surface area contributed by atoms with Gasteiger partial charge in [0.25, 0.3) is 0 Å². The summed E-state index contributed by atoms with van der Waals surface area (Å²) in [6, 6.07) is 0. The minimum Gasteiger partial charge on any atom is -0.461 e. The lowest BCUT2D eigenvalue weighted by atomic mass is 9.88. The molecule has 2 aliphatic rings. The molecule has 1 aliphatic heterocycles. The van der Waals surface area contributed by atoms with Crippen molar-refractivity contribution in [2.45, 2.75) is 50.7 Å². The molecule has 0 aromatic heterocycles. The number of ether oxygens (including phenoxy) is 5. The van der Waals surface area contributed by atoms with E-state index in [4.69, 9.17) is 23.7 Å². The smallest absolute Gasteiger partial charge is 0.302 e. The molecule has 5 atom stereocenters. The van der Waals surface area contributed by atoms with E-state index in [1.165, 1.54) is 27.2 Å². The lowest BCUT2D eigenvalue weighted by Gasteiger charge is -2.53. The molecule has 0 unspecified atom stereocenters. The quantitative estimate of drug-likeness (QED) is 0.715. The van der Waals surface area contributed by atoms with E-state index in [2.05, 4.69) is 0 Å². The number of hydrogen-bond donors (Lipinski definition) is 1. The summed E-state index contributed by atoms with van der Waals surface area (Å²) in [5.74, 6) is -3.62. The number of aliphatic hydroxyl groups is 1. The monoisotopic (exact) mass is 330 g/mol. The van der Waals surface area contributed by atoms with Gasteiger partial charge in [0, 0.05) is 26.7 Å². The number of rotatable bonds is 4. The van der Waals surface area contributed by atoms with Crippen molar-refractivity contribution in [2.75, 3.05) is 20.8 Å². The van der Waals surface area contributed by atoms with Crippen molar-refractivity contribution < 1.29 is 38.4 Å². The second-order valence-corrected chi connectivity index (χ2v) is 5.75. The Morgan fingerprint density at radius 3 is 2.35 bits per heavy atom. The molecule has 23 heavy (non-hydrogen) atoms. The number of methoxy groups -OCH3 is 2. The minimum absolute atomic E-state index is 0.150. The van der Waals surface area contributed by atoms with Gasteiger partial charge in [0.15, 0.2) is 11.9 Å².